The summed E-state index contributed by atoms with van der Waals surface area (Å²) >= 11 is 6.49. The summed E-state index contributed by atoms with van der Waals surface area (Å²) in [5.74, 6) is 7.14. The number of hydrogen-bond acceptors (Lipinski definition) is 6. The van der Waals surface area contributed by atoms with E-state index in [4.69, 9.17) is 21.1 Å². The number of imidazole rings is 1. The molecule has 8 heteroatoms. The van der Waals surface area contributed by atoms with Gasteiger partial charge in [-0.15, -0.1) is 0 Å². The van der Waals surface area contributed by atoms with Crippen LogP contribution in [0, 0.1) is 11.8 Å². The third-order valence-corrected chi connectivity index (χ3v) is 5.70. The zero-order valence-electron chi connectivity index (χ0n) is 18.1. The smallest absolute Gasteiger partial charge is 0.150 e. The van der Waals surface area contributed by atoms with Gasteiger partial charge < -0.3 is 29.4 Å². The van der Waals surface area contributed by atoms with Crippen molar-refractivity contribution in [1.82, 2.24) is 9.55 Å². The Bertz CT molecular complexity index is 1150. The Morgan fingerprint density at radius 2 is 2.03 bits per heavy atom. The van der Waals surface area contributed by atoms with Gasteiger partial charge in [0, 0.05) is 23.5 Å². The third-order valence-electron chi connectivity index (χ3n) is 5.39. The molecule has 0 amide bonds. The molecule has 1 aromatic heterocycles. The summed E-state index contributed by atoms with van der Waals surface area (Å²) in [6.07, 6.45) is 1.47. The fourth-order valence-electron chi connectivity index (χ4n) is 3.63. The number of aliphatic hydroxyl groups is 3. The number of nitrogens with zero attached hydrogens (tertiary/aromatic N) is 2. The van der Waals surface area contributed by atoms with Crippen molar-refractivity contribution in [2.24, 2.45) is 0 Å². The molecule has 0 radical (unpaired) electrons. The van der Waals surface area contributed by atoms with Crippen molar-refractivity contribution in [1.29, 1.82) is 0 Å². The Morgan fingerprint density at radius 1 is 1.24 bits per heavy atom. The topological polar surface area (TPSA) is 97.0 Å². The molecule has 0 bridgehead atoms. The zero-order valence-corrected chi connectivity index (χ0v) is 18.8. The van der Waals surface area contributed by atoms with Crippen LogP contribution in [-0.4, -0.2) is 56.9 Å². The molecule has 7 nitrogen and oxygen atoms in total. The summed E-state index contributed by atoms with van der Waals surface area (Å²) in [7, 11) is 0. The van der Waals surface area contributed by atoms with Gasteiger partial charge in [-0.2, -0.15) is 0 Å². The van der Waals surface area contributed by atoms with Gasteiger partial charge in [-0.25, -0.2) is 4.98 Å². The highest BCUT2D eigenvalue weighted by atomic mass is 35.5. The van der Waals surface area contributed by atoms with Gasteiger partial charge in [0.15, 0.2) is 0 Å². The largest absolute Gasteiger partial charge is 0.485 e. The van der Waals surface area contributed by atoms with Crippen molar-refractivity contribution in [2.75, 3.05) is 19.8 Å². The zero-order chi connectivity index (χ0) is 23.4. The average Bonchev–Trinajstić information content (AvgIpc) is 3.45. The summed E-state index contributed by atoms with van der Waals surface area (Å²) in [5.41, 5.74) is 2.55. The first kappa shape index (κ1) is 23.3. The van der Waals surface area contributed by atoms with Crippen LogP contribution in [0.5, 0.6) is 5.75 Å². The summed E-state index contributed by atoms with van der Waals surface area (Å²) < 4.78 is 12.7. The van der Waals surface area contributed by atoms with Crippen molar-refractivity contribution >= 4 is 11.6 Å². The van der Waals surface area contributed by atoms with Crippen LogP contribution in [0.4, 0.5) is 0 Å². The van der Waals surface area contributed by atoms with Crippen molar-refractivity contribution in [3.05, 3.63) is 71.3 Å². The Kier molecular flexibility index (Phi) is 7.33. The maximum Gasteiger partial charge on any atom is 0.150 e. The molecule has 1 saturated heterocycles. The van der Waals surface area contributed by atoms with E-state index in [9.17, 15) is 15.3 Å². The molecule has 0 saturated carbocycles. The molecule has 2 heterocycles. The van der Waals surface area contributed by atoms with Crippen LogP contribution in [-0.2, 0) is 4.74 Å². The fourth-order valence-corrected chi connectivity index (χ4v) is 3.91. The summed E-state index contributed by atoms with van der Waals surface area (Å²) in [6.45, 7) is 2.04. The molecule has 1 fully saturated rings. The van der Waals surface area contributed by atoms with Crippen molar-refractivity contribution in [3.63, 3.8) is 0 Å². The molecule has 3 N–H and O–H groups in total. The second-order valence-corrected chi connectivity index (χ2v) is 8.22. The van der Waals surface area contributed by atoms with E-state index in [0.717, 1.165) is 16.7 Å². The molecule has 1 aliphatic rings. The van der Waals surface area contributed by atoms with E-state index in [0.29, 0.717) is 23.2 Å². The number of aromatic nitrogens is 2. The number of benzene rings is 2. The van der Waals surface area contributed by atoms with Crippen LogP contribution >= 0.6 is 11.6 Å². The minimum atomic E-state index is -0.756. The normalized spacial score (nSPS) is 19.5. The molecule has 4 rings (SSSR count). The average molecular weight is 469 g/mol. The second-order valence-electron chi connectivity index (χ2n) is 7.82. The van der Waals surface area contributed by atoms with Gasteiger partial charge in [-0.1, -0.05) is 35.6 Å². The number of halogens is 1. The SMILES string of the molecule is CC(O)c1nccn1C(C#Cc1ccc(-c2ccc(O[C@@H]3COC[C@H]3O)cc2Cl)cc1)CO. The van der Waals surface area contributed by atoms with Gasteiger partial charge in [0.25, 0.3) is 0 Å². The van der Waals surface area contributed by atoms with Gasteiger partial charge in [-0.05, 0) is 42.8 Å². The van der Waals surface area contributed by atoms with E-state index in [1.807, 2.05) is 36.4 Å². The van der Waals surface area contributed by atoms with Crippen LogP contribution in [0.3, 0.4) is 0 Å². The first-order valence-electron chi connectivity index (χ1n) is 10.6. The minimum Gasteiger partial charge on any atom is -0.485 e. The van der Waals surface area contributed by atoms with E-state index >= 15 is 0 Å². The predicted molar refractivity (Wildman–Crippen MR) is 124 cm³/mol. The Balaban J connectivity index is 1.48. The molecule has 2 aromatic carbocycles. The molecule has 1 aliphatic heterocycles. The Hall–Kier alpha value is -2.86. The summed E-state index contributed by atoms with van der Waals surface area (Å²) in [6, 6.07) is 12.5. The Morgan fingerprint density at radius 3 is 2.67 bits per heavy atom. The van der Waals surface area contributed by atoms with E-state index < -0.39 is 24.4 Å². The lowest BCUT2D eigenvalue weighted by atomic mass is 10.0. The molecule has 172 valence electrons. The first-order valence-corrected chi connectivity index (χ1v) is 11.0. The third kappa shape index (κ3) is 5.38. The van der Waals surface area contributed by atoms with Crippen LogP contribution in [0.2, 0.25) is 5.02 Å². The van der Waals surface area contributed by atoms with Gasteiger partial charge in [0.1, 0.15) is 35.9 Å². The maximum atomic E-state index is 9.84. The van der Waals surface area contributed by atoms with E-state index in [2.05, 4.69) is 16.8 Å². The summed E-state index contributed by atoms with van der Waals surface area (Å²) in [5, 5.41) is 30.0. The highest BCUT2D eigenvalue weighted by molar-refractivity contribution is 6.33. The summed E-state index contributed by atoms with van der Waals surface area (Å²) in [4.78, 5) is 4.13. The molecule has 3 aromatic rings. The van der Waals surface area contributed by atoms with Crippen molar-refractivity contribution in [2.45, 2.75) is 31.3 Å². The van der Waals surface area contributed by atoms with Gasteiger partial charge in [0.05, 0.1) is 24.8 Å². The minimum absolute atomic E-state index is 0.199. The molecule has 4 atom stereocenters. The number of hydrogen-bond donors (Lipinski definition) is 3. The number of aliphatic hydroxyl groups excluding tert-OH is 3. The highest BCUT2D eigenvalue weighted by Crippen LogP contribution is 2.32. The van der Waals surface area contributed by atoms with Gasteiger partial charge in [-0.3, -0.25) is 0 Å². The second kappa shape index (κ2) is 10.4. The molecule has 0 aliphatic carbocycles. The van der Waals surface area contributed by atoms with E-state index in [1.54, 1.807) is 30.0 Å². The molecule has 0 spiro atoms. The van der Waals surface area contributed by atoms with Crippen LogP contribution in [0.25, 0.3) is 11.1 Å². The van der Waals surface area contributed by atoms with Crippen molar-refractivity contribution < 1.29 is 24.8 Å². The lowest BCUT2D eigenvalue weighted by molar-refractivity contribution is 0.0734. The molecule has 33 heavy (non-hydrogen) atoms. The van der Waals surface area contributed by atoms with Crippen LogP contribution in [0.1, 0.15) is 30.5 Å². The molecular weight excluding hydrogens is 444 g/mol. The standard InChI is InChI=1S/C25H25ClN2O5/c1-16(30)25-27-10-11-28(25)19(13-29)7-4-17-2-5-18(6-3-17)21-9-8-20(12-22(21)26)33-24-15-32-14-23(24)31/h2-3,5-6,8-12,16,19,23-24,29-31H,13-15H2,1H3/t16?,19?,23-,24-/m1/s1. The lowest BCUT2D eigenvalue weighted by Gasteiger charge is -2.16. The first-order chi connectivity index (χ1) is 16.0. The fraction of sp³-hybridized carbons (Fsp3) is 0.320. The quantitative estimate of drug-likeness (QED) is 0.481. The number of rotatable bonds is 6. The van der Waals surface area contributed by atoms with E-state index in [-0.39, 0.29) is 13.2 Å². The van der Waals surface area contributed by atoms with Crippen molar-refractivity contribution in [3.8, 4) is 28.7 Å². The predicted octanol–water partition coefficient (Wildman–Crippen LogP) is 2.98. The van der Waals surface area contributed by atoms with Gasteiger partial charge >= 0.3 is 0 Å². The van der Waals surface area contributed by atoms with Crippen LogP contribution < -0.4 is 4.74 Å². The van der Waals surface area contributed by atoms with Crippen LogP contribution in [0.15, 0.2) is 54.9 Å². The molecule has 2 unspecified atom stereocenters. The Labute approximate surface area is 197 Å². The lowest BCUT2D eigenvalue weighted by Crippen LogP contribution is -2.29. The maximum absolute atomic E-state index is 9.84. The molecular formula is C25H25ClN2O5. The highest BCUT2D eigenvalue weighted by Gasteiger charge is 2.28. The monoisotopic (exact) mass is 468 g/mol. The van der Waals surface area contributed by atoms with Gasteiger partial charge in [0.2, 0.25) is 0 Å². The van der Waals surface area contributed by atoms with E-state index in [1.165, 1.54) is 0 Å². The number of ether oxygens (including phenoxy) is 2.